The van der Waals surface area contributed by atoms with Crippen LogP contribution in [0.25, 0.3) is 0 Å². The third-order valence-electron chi connectivity index (χ3n) is 3.29. The molecular formula is C14H16O6S. The minimum Gasteiger partial charge on any atom is -0.483 e. The van der Waals surface area contributed by atoms with Gasteiger partial charge in [-0.3, -0.25) is 0 Å². The Labute approximate surface area is 125 Å². The summed E-state index contributed by atoms with van der Waals surface area (Å²) in [7, 11) is 0. The Morgan fingerprint density at radius 1 is 1.33 bits per heavy atom. The highest BCUT2D eigenvalue weighted by molar-refractivity contribution is 7.98. The lowest BCUT2D eigenvalue weighted by Crippen LogP contribution is -2.15. The zero-order valence-electron chi connectivity index (χ0n) is 11.7. The molecule has 0 radical (unpaired) electrons. The van der Waals surface area contributed by atoms with Crippen molar-refractivity contribution < 1.29 is 29.0 Å². The first-order chi connectivity index (χ1) is 9.88. The Hall–Kier alpha value is -1.89. The van der Waals surface area contributed by atoms with E-state index in [-0.39, 0.29) is 23.5 Å². The average Bonchev–Trinajstić information content (AvgIpc) is 2.95. The molecule has 0 bridgehead atoms. The molecule has 1 aromatic rings. The molecule has 0 fully saturated rings. The van der Waals surface area contributed by atoms with Crippen molar-refractivity contribution in [2.45, 2.75) is 25.7 Å². The zero-order valence-corrected chi connectivity index (χ0v) is 12.5. The van der Waals surface area contributed by atoms with E-state index >= 15 is 0 Å². The van der Waals surface area contributed by atoms with Crippen molar-refractivity contribution in [2.24, 2.45) is 5.92 Å². The van der Waals surface area contributed by atoms with Crippen molar-refractivity contribution in [3.05, 3.63) is 35.0 Å². The summed E-state index contributed by atoms with van der Waals surface area (Å²) in [5.74, 6) is -0.251. The molecule has 0 aliphatic carbocycles. The summed E-state index contributed by atoms with van der Waals surface area (Å²) in [6, 6.07) is 1.53. The normalized spacial score (nSPS) is 21.0. The number of furan rings is 1. The maximum absolute atomic E-state index is 10.8. The van der Waals surface area contributed by atoms with Crippen molar-refractivity contribution in [2.75, 3.05) is 5.75 Å². The van der Waals surface area contributed by atoms with Gasteiger partial charge < -0.3 is 19.4 Å². The molecule has 2 rings (SSSR count). The first kappa shape index (κ1) is 15.5. The lowest BCUT2D eigenvalue weighted by atomic mass is 10.1. The van der Waals surface area contributed by atoms with E-state index < -0.39 is 11.9 Å². The number of aliphatic carboxylic acids is 1. The molecule has 6 nitrogen and oxygen atoms in total. The lowest BCUT2D eigenvalue weighted by molar-refractivity contribution is -0.136. The molecule has 2 unspecified atom stereocenters. The molecule has 1 aromatic heterocycles. The van der Waals surface area contributed by atoms with Crippen LogP contribution in [0.1, 0.15) is 28.8 Å². The Balaban J connectivity index is 1.90. The number of hydrogen-bond donors (Lipinski definition) is 2. The third kappa shape index (κ3) is 3.60. The largest absolute Gasteiger partial charge is 0.483 e. The smallest absolute Gasteiger partial charge is 0.371 e. The second kappa shape index (κ2) is 6.26. The van der Waals surface area contributed by atoms with E-state index in [0.29, 0.717) is 17.3 Å². The van der Waals surface area contributed by atoms with Gasteiger partial charge in [-0.25, -0.2) is 9.59 Å². The van der Waals surface area contributed by atoms with E-state index in [1.54, 1.807) is 24.8 Å². The van der Waals surface area contributed by atoms with Gasteiger partial charge in [0.2, 0.25) is 11.5 Å². The molecule has 0 aromatic carbocycles. The van der Waals surface area contributed by atoms with Crippen molar-refractivity contribution in [3.8, 4) is 0 Å². The van der Waals surface area contributed by atoms with Crippen LogP contribution < -0.4 is 0 Å². The molecule has 2 atom stereocenters. The fourth-order valence-corrected chi connectivity index (χ4v) is 3.30. The molecule has 1 aliphatic rings. The Kier molecular flexibility index (Phi) is 4.62. The van der Waals surface area contributed by atoms with Crippen LogP contribution in [0, 0.1) is 12.8 Å². The molecule has 21 heavy (non-hydrogen) atoms. The fraction of sp³-hybridized carbons (Fsp3) is 0.429. The monoisotopic (exact) mass is 312 g/mol. The van der Waals surface area contributed by atoms with Gasteiger partial charge in [-0.15, -0.1) is 0 Å². The van der Waals surface area contributed by atoms with E-state index in [1.807, 2.05) is 6.92 Å². The van der Waals surface area contributed by atoms with Crippen molar-refractivity contribution in [1.82, 2.24) is 0 Å². The molecule has 0 saturated heterocycles. The van der Waals surface area contributed by atoms with Crippen LogP contribution in [0.15, 0.2) is 22.3 Å². The van der Waals surface area contributed by atoms with Crippen LogP contribution in [0.4, 0.5) is 0 Å². The van der Waals surface area contributed by atoms with Crippen molar-refractivity contribution in [1.29, 1.82) is 0 Å². The first-order valence-corrected chi connectivity index (χ1v) is 7.56. The summed E-state index contributed by atoms with van der Waals surface area (Å²) in [5.41, 5.74) is 0.839. The molecule has 0 saturated carbocycles. The molecule has 0 amide bonds. The number of hydrogen-bond acceptors (Lipinski definition) is 5. The quantitative estimate of drug-likeness (QED) is 0.833. The van der Waals surface area contributed by atoms with Crippen LogP contribution in [0.2, 0.25) is 0 Å². The molecular weight excluding hydrogens is 296 g/mol. The van der Waals surface area contributed by atoms with Gasteiger partial charge in [0.1, 0.15) is 11.9 Å². The number of carboxylic acid groups (broad SMARTS) is 2. The summed E-state index contributed by atoms with van der Waals surface area (Å²) >= 11 is 1.59. The van der Waals surface area contributed by atoms with Crippen LogP contribution in [-0.2, 0) is 15.3 Å². The number of rotatable bonds is 6. The highest BCUT2D eigenvalue weighted by Crippen LogP contribution is 2.29. The minimum absolute atomic E-state index is 0.000699. The average molecular weight is 312 g/mol. The Morgan fingerprint density at radius 2 is 2.05 bits per heavy atom. The number of carbonyl (C=O) groups is 2. The molecule has 2 heterocycles. The molecule has 7 heteroatoms. The maximum atomic E-state index is 10.8. The minimum atomic E-state index is -1.08. The van der Waals surface area contributed by atoms with Crippen LogP contribution in [0.3, 0.4) is 0 Å². The zero-order chi connectivity index (χ0) is 15.6. The van der Waals surface area contributed by atoms with Gasteiger partial charge >= 0.3 is 11.9 Å². The van der Waals surface area contributed by atoms with E-state index in [0.717, 1.165) is 5.56 Å². The highest BCUT2D eigenvalue weighted by atomic mass is 32.2. The van der Waals surface area contributed by atoms with Crippen LogP contribution in [-0.4, -0.2) is 34.0 Å². The summed E-state index contributed by atoms with van der Waals surface area (Å²) in [6.45, 7) is 3.56. The summed E-state index contributed by atoms with van der Waals surface area (Å²) in [5, 5.41) is 17.7. The van der Waals surface area contributed by atoms with Gasteiger partial charge in [0, 0.05) is 23.0 Å². The van der Waals surface area contributed by atoms with Gasteiger partial charge in [0.05, 0.1) is 0 Å². The Bertz CT molecular complexity index is 588. The second-order valence-electron chi connectivity index (χ2n) is 4.84. The molecule has 0 spiro atoms. The maximum Gasteiger partial charge on any atom is 0.371 e. The predicted octanol–water partition coefficient (Wildman–Crippen LogP) is 2.52. The second-order valence-corrected chi connectivity index (χ2v) is 5.87. The molecule has 2 N–H and O–H groups in total. The fourth-order valence-electron chi connectivity index (χ4n) is 2.04. The summed E-state index contributed by atoms with van der Waals surface area (Å²) in [4.78, 5) is 21.6. The Morgan fingerprint density at radius 3 is 2.57 bits per heavy atom. The number of aromatic carboxylic acids is 1. The van der Waals surface area contributed by atoms with E-state index in [2.05, 4.69) is 0 Å². The van der Waals surface area contributed by atoms with Gasteiger partial charge in [-0.2, -0.15) is 11.8 Å². The number of aryl methyl sites for hydroxylation is 1. The topological polar surface area (TPSA) is 97.0 Å². The number of ether oxygens (including phenoxy) is 1. The first-order valence-electron chi connectivity index (χ1n) is 6.40. The lowest BCUT2D eigenvalue weighted by Gasteiger charge is -2.13. The number of carboxylic acids is 2. The van der Waals surface area contributed by atoms with Crippen molar-refractivity contribution >= 4 is 23.7 Å². The van der Waals surface area contributed by atoms with Gasteiger partial charge in [-0.1, -0.05) is 0 Å². The predicted molar refractivity (Wildman–Crippen MR) is 76.3 cm³/mol. The van der Waals surface area contributed by atoms with E-state index in [4.69, 9.17) is 19.4 Å². The van der Waals surface area contributed by atoms with Crippen LogP contribution in [0.5, 0.6) is 0 Å². The van der Waals surface area contributed by atoms with Gasteiger partial charge in [0.15, 0.2) is 0 Å². The van der Waals surface area contributed by atoms with Crippen LogP contribution >= 0.6 is 11.8 Å². The third-order valence-corrected chi connectivity index (χ3v) is 4.43. The molecule has 1 aliphatic heterocycles. The van der Waals surface area contributed by atoms with E-state index in [1.165, 1.54) is 6.07 Å². The van der Waals surface area contributed by atoms with Gasteiger partial charge in [0.25, 0.3) is 0 Å². The van der Waals surface area contributed by atoms with Gasteiger partial charge in [-0.05, 0) is 26.0 Å². The number of thioether (sulfide) groups is 1. The standard InChI is InChI=1S/C14H16O6S/c1-7-9(3-11(19-7)13(15)16)5-21-6-10-4-12(14(17)18)20-8(10)2/h3-4,7,9H,5-6H2,1-2H3,(H,15,16)(H,17,18). The molecule has 114 valence electrons. The van der Waals surface area contributed by atoms with E-state index in [9.17, 15) is 9.59 Å². The highest BCUT2D eigenvalue weighted by Gasteiger charge is 2.28. The summed E-state index contributed by atoms with van der Waals surface area (Å²) < 4.78 is 10.4. The SMILES string of the molecule is Cc1oc(C(=O)O)cc1CSCC1C=C(C(=O)O)OC1C. The summed E-state index contributed by atoms with van der Waals surface area (Å²) in [6.07, 6.45) is 1.47. The van der Waals surface area contributed by atoms with Crippen molar-refractivity contribution in [3.63, 3.8) is 0 Å².